The second-order valence-corrected chi connectivity index (χ2v) is 8.50. The summed E-state index contributed by atoms with van der Waals surface area (Å²) in [6.45, 7) is 23.8. The highest BCUT2D eigenvalue weighted by Gasteiger charge is 2.46. The number of rotatable bonds is 2. The molecule has 0 radical (unpaired) electrons. The Labute approximate surface area is 97.8 Å². The second kappa shape index (κ2) is 3.79. The molecule has 0 aromatic carbocycles. The zero-order valence-electron chi connectivity index (χ0n) is 12.7. The van der Waals surface area contributed by atoms with Crippen LogP contribution in [0.5, 0.6) is 0 Å². The molecule has 0 aliphatic rings. The first-order valence-electron chi connectivity index (χ1n) is 6.21. The fraction of sp³-hybridized carbons (Fsp3) is 1.00. The first-order valence-corrected chi connectivity index (χ1v) is 6.21. The third-order valence-corrected chi connectivity index (χ3v) is 4.54. The van der Waals surface area contributed by atoms with E-state index in [9.17, 15) is 0 Å². The number of hydrogen-bond donors (Lipinski definition) is 0. The summed E-state index contributed by atoms with van der Waals surface area (Å²) in [5, 5.41) is 0. The molecular formula is C15H32. The van der Waals surface area contributed by atoms with Crippen LogP contribution in [0.2, 0.25) is 0 Å². The molecule has 0 aliphatic carbocycles. The van der Waals surface area contributed by atoms with Gasteiger partial charge in [-0.1, -0.05) is 69.2 Å². The molecule has 0 heterocycles. The molecule has 0 saturated carbocycles. The fourth-order valence-corrected chi connectivity index (χ4v) is 2.56. The summed E-state index contributed by atoms with van der Waals surface area (Å²) in [5.41, 5.74) is 1.46. The van der Waals surface area contributed by atoms with E-state index in [1.54, 1.807) is 0 Å². The molecule has 0 aromatic heterocycles. The van der Waals surface area contributed by atoms with Gasteiger partial charge in [0, 0.05) is 0 Å². The van der Waals surface area contributed by atoms with Gasteiger partial charge in [0.1, 0.15) is 0 Å². The Morgan fingerprint density at radius 1 is 0.600 bits per heavy atom. The molecule has 92 valence electrons. The van der Waals surface area contributed by atoms with Crippen molar-refractivity contribution in [2.75, 3.05) is 0 Å². The van der Waals surface area contributed by atoms with Crippen LogP contribution in [0.3, 0.4) is 0 Å². The third-order valence-electron chi connectivity index (χ3n) is 4.54. The van der Waals surface area contributed by atoms with Crippen LogP contribution in [0.1, 0.15) is 75.7 Å². The van der Waals surface area contributed by atoms with E-state index < -0.39 is 0 Å². The van der Waals surface area contributed by atoms with E-state index in [4.69, 9.17) is 0 Å². The molecule has 0 unspecified atom stereocenters. The Morgan fingerprint density at radius 2 is 0.933 bits per heavy atom. The van der Waals surface area contributed by atoms with Crippen LogP contribution in [-0.2, 0) is 0 Å². The van der Waals surface area contributed by atoms with Crippen molar-refractivity contribution in [2.24, 2.45) is 21.7 Å². The normalized spacial score (nSPS) is 15.6. The highest BCUT2D eigenvalue weighted by Crippen LogP contribution is 2.55. The third kappa shape index (κ3) is 3.50. The highest BCUT2D eigenvalue weighted by atomic mass is 14.5. The lowest BCUT2D eigenvalue weighted by Gasteiger charge is -2.53. The van der Waals surface area contributed by atoms with Gasteiger partial charge in [-0.2, -0.15) is 0 Å². The first-order chi connectivity index (χ1) is 6.21. The van der Waals surface area contributed by atoms with Gasteiger partial charge in [-0.15, -0.1) is 0 Å². The minimum absolute atomic E-state index is 0.341. The molecule has 0 amide bonds. The van der Waals surface area contributed by atoms with Gasteiger partial charge in [-0.25, -0.2) is 0 Å². The maximum Gasteiger partial charge on any atom is -0.0254 e. The molecule has 15 heavy (non-hydrogen) atoms. The van der Waals surface area contributed by atoms with Crippen molar-refractivity contribution < 1.29 is 0 Å². The van der Waals surface area contributed by atoms with Gasteiger partial charge in [0.25, 0.3) is 0 Å². The minimum Gasteiger partial charge on any atom is -0.0602 e. The van der Waals surface area contributed by atoms with Crippen molar-refractivity contribution >= 4 is 0 Å². The molecule has 0 atom stereocenters. The maximum atomic E-state index is 2.42. The quantitative estimate of drug-likeness (QED) is 0.565. The molecule has 0 heteroatoms. The van der Waals surface area contributed by atoms with Gasteiger partial charge in [0.05, 0.1) is 0 Å². The summed E-state index contributed by atoms with van der Waals surface area (Å²) in [4.78, 5) is 0. The van der Waals surface area contributed by atoms with E-state index >= 15 is 0 Å². The van der Waals surface area contributed by atoms with Gasteiger partial charge in [-0.05, 0) is 28.1 Å². The average molecular weight is 212 g/mol. The molecule has 0 rings (SSSR count). The highest BCUT2D eigenvalue weighted by molar-refractivity contribution is 4.95. The van der Waals surface area contributed by atoms with Gasteiger partial charge < -0.3 is 0 Å². The summed E-state index contributed by atoms with van der Waals surface area (Å²) >= 11 is 0. The minimum atomic E-state index is 0.341. The van der Waals surface area contributed by atoms with E-state index in [2.05, 4.69) is 69.2 Å². The van der Waals surface area contributed by atoms with Crippen molar-refractivity contribution in [2.45, 2.75) is 75.7 Å². The van der Waals surface area contributed by atoms with E-state index in [0.717, 1.165) is 0 Å². The molecule has 0 saturated heterocycles. The van der Waals surface area contributed by atoms with E-state index in [-0.39, 0.29) is 0 Å². The summed E-state index contributed by atoms with van der Waals surface area (Å²) in [5.74, 6) is 0. The summed E-state index contributed by atoms with van der Waals surface area (Å²) in [6.07, 6.45) is 1.27. The van der Waals surface area contributed by atoms with Crippen molar-refractivity contribution in [3.05, 3.63) is 0 Å². The first kappa shape index (κ1) is 15.0. The number of hydrogen-bond acceptors (Lipinski definition) is 0. The molecule has 0 spiro atoms. The molecule has 0 aliphatic heterocycles. The van der Waals surface area contributed by atoms with Crippen LogP contribution < -0.4 is 0 Å². The van der Waals surface area contributed by atoms with Crippen LogP contribution in [-0.4, -0.2) is 0 Å². The molecule has 0 nitrogen and oxygen atoms in total. The van der Waals surface area contributed by atoms with Crippen LogP contribution in [0.15, 0.2) is 0 Å². The van der Waals surface area contributed by atoms with Gasteiger partial charge >= 0.3 is 0 Å². The molecule has 0 N–H and O–H groups in total. The SMILES string of the molecule is CC(C)(C)CC(C)(C)C(C)(C)C(C)(C)C. The predicted molar refractivity (Wildman–Crippen MR) is 71.1 cm³/mol. The zero-order chi connectivity index (χ0) is 12.7. The Balaban J connectivity index is 5.03. The van der Waals surface area contributed by atoms with E-state index in [0.29, 0.717) is 21.7 Å². The topological polar surface area (TPSA) is 0 Å². The lowest BCUT2D eigenvalue weighted by atomic mass is 9.52. The maximum absolute atomic E-state index is 2.42. The summed E-state index contributed by atoms with van der Waals surface area (Å²) < 4.78 is 0. The molecule has 0 bridgehead atoms. The Hall–Kier alpha value is 0. The van der Waals surface area contributed by atoms with Gasteiger partial charge in [-0.3, -0.25) is 0 Å². The standard InChI is InChI=1S/C15H32/c1-12(2,3)11-14(7,8)15(9,10)13(4,5)6/h11H2,1-10H3. The van der Waals surface area contributed by atoms with Crippen molar-refractivity contribution in [3.63, 3.8) is 0 Å². The molecular weight excluding hydrogens is 180 g/mol. The summed E-state index contributed by atoms with van der Waals surface area (Å²) in [6, 6.07) is 0. The van der Waals surface area contributed by atoms with Crippen LogP contribution in [0.25, 0.3) is 0 Å². The van der Waals surface area contributed by atoms with E-state index in [1.165, 1.54) is 6.42 Å². The monoisotopic (exact) mass is 212 g/mol. The smallest absolute Gasteiger partial charge is 0.0254 e. The largest absolute Gasteiger partial charge is 0.0602 e. The fourth-order valence-electron chi connectivity index (χ4n) is 2.56. The average Bonchev–Trinajstić information content (AvgIpc) is 1.77. The van der Waals surface area contributed by atoms with Crippen molar-refractivity contribution in [3.8, 4) is 0 Å². The Morgan fingerprint density at radius 3 is 1.13 bits per heavy atom. The van der Waals surface area contributed by atoms with Crippen LogP contribution in [0, 0.1) is 21.7 Å². The van der Waals surface area contributed by atoms with Crippen molar-refractivity contribution in [1.29, 1.82) is 0 Å². The van der Waals surface area contributed by atoms with Crippen molar-refractivity contribution in [1.82, 2.24) is 0 Å². The van der Waals surface area contributed by atoms with Gasteiger partial charge in [0.2, 0.25) is 0 Å². The van der Waals surface area contributed by atoms with Crippen LogP contribution >= 0.6 is 0 Å². The van der Waals surface area contributed by atoms with Gasteiger partial charge in [0.15, 0.2) is 0 Å². The Bertz CT molecular complexity index is 205. The van der Waals surface area contributed by atoms with Crippen LogP contribution in [0.4, 0.5) is 0 Å². The van der Waals surface area contributed by atoms with E-state index in [1.807, 2.05) is 0 Å². The lowest BCUT2D eigenvalue weighted by Crippen LogP contribution is -2.44. The predicted octanol–water partition coefficient (Wildman–Crippen LogP) is 5.52. The zero-order valence-corrected chi connectivity index (χ0v) is 12.7. The second-order valence-electron chi connectivity index (χ2n) is 8.50. The lowest BCUT2D eigenvalue weighted by molar-refractivity contribution is -0.0326. The summed E-state index contributed by atoms with van der Waals surface area (Å²) in [7, 11) is 0. The molecule has 0 fully saturated rings. The molecule has 0 aromatic rings. The Kier molecular flexibility index (Phi) is 3.79.